The van der Waals surface area contributed by atoms with E-state index in [4.69, 9.17) is 9.26 Å². The Balaban J connectivity index is 1.66. The minimum atomic E-state index is -0.747. The van der Waals surface area contributed by atoms with Crippen LogP contribution >= 0.6 is 0 Å². The first-order valence-corrected chi connectivity index (χ1v) is 8.07. The summed E-state index contributed by atoms with van der Waals surface area (Å²) in [5.74, 6) is 0.0819. The summed E-state index contributed by atoms with van der Waals surface area (Å²) in [6.45, 7) is 5.55. The molecule has 7 heteroatoms. The van der Waals surface area contributed by atoms with Crippen molar-refractivity contribution < 1.29 is 18.4 Å². The van der Waals surface area contributed by atoms with Crippen LogP contribution in [0, 0.1) is 19.7 Å². The minimum Gasteiger partial charge on any atom is -0.481 e. The quantitative estimate of drug-likeness (QED) is 0.751. The summed E-state index contributed by atoms with van der Waals surface area (Å²) >= 11 is 0. The summed E-state index contributed by atoms with van der Waals surface area (Å²) in [6, 6.07) is 11.3. The van der Waals surface area contributed by atoms with Crippen molar-refractivity contribution >= 4 is 11.9 Å². The molecule has 0 unspecified atom stereocenters. The molecule has 0 fully saturated rings. The van der Waals surface area contributed by atoms with E-state index in [-0.39, 0.29) is 17.7 Å². The van der Waals surface area contributed by atoms with Gasteiger partial charge < -0.3 is 9.26 Å². The minimum absolute atomic E-state index is 0.0192. The number of nitrogens with one attached hydrogen (secondary N) is 1. The summed E-state index contributed by atoms with van der Waals surface area (Å²) in [5.41, 5.74) is 2.61. The van der Waals surface area contributed by atoms with Gasteiger partial charge in [-0.05, 0) is 67.4 Å². The molecule has 0 saturated heterocycles. The van der Waals surface area contributed by atoms with Gasteiger partial charge in [0.05, 0.1) is 0 Å². The van der Waals surface area contributed by atoms with Crippen molar-refractivity contribution in [1.29, 1.82) is 0 Å². The molecule has 1 aromatic heterocycles. The van der Waals surface area contributed by atoms with Gasteiger partial charge in [0, 0.05) is 5.56 Å². The van der Waals surface area contributed by atoms with Crippen molar-refractivity contribution in [3.8, 4) is 17.2 Å². The first kappa shape index (κ1) is 17.6. The third-order valence-corrected chi connectivity index (χ3v) is 3.98. The van der Waals surface area contributed by atoms with Crippen LogP contribution in [0.25, 0.3) is 11.5 Å². The Hall–Kier alpha value is -3.22. The van der Waals surface area contributed by atoms with Gasteiger partial charge in [0.2, 0.25) is 0 Å². The molecular weight excluding hydrogens is 337 g/mol. The highest BCUT2D eigenvalue weighted by atomic mass is 19.1. The molecule has 1 N–H and O–H groups in total. The number of carbonyl (C=O) groups is 1. The monoisotopic (exact) mass is 355 g/mol. The van der Waals surface area contributed by atoms with E-state index in [0.29, 0.717) is 11.3 Å². The van der Waals surface area contributed by atoms with Crippen molar-refractivity contribution in [3.05, 3.63) is 59.4 Å². The zero-order valence-electron chi connectivity index (χ0n) is 14.6. The highest BCUT2D eigenvalue weighted by molar-refractivity contribution is 5.92. The molecule has 2 aromatic carbocycles. The van der Waals surface area contributed by atoms with Crippen LogP contribution in [0.3, 0.4) is 0 Å². The maximum absolute atomic E-state index is 13.0. The summed E-state index contributed by atoms with van der Waals surface area (Å²) in [7, 11) is 0. The molecule has 6 nitrogen and oxygen atoms in total. The van der Waals surface area contributed by atoms with Crippen molar-refractivity contribution in [2.45, 2.75) is 26.9 Å². The Morgan fingerprint density at radius 1 is 1.19 bits per heavy atom. The molecule has 0 aliphatic carbocycles. The molecule has 0 aliphatic rings. The first-order valence-electron chi connectivity index (χ1n) is 8.07. The molecule has 26 heavy (non-hydrogen) atoms. The molecule has 1 heterocycles. The van der Waals surface area contributed by atoms with E-state index >= 15 is 0 Å². The van der Waals surface area contributed by atoms with Gasteiger partial charge in [-0.15, -0.1) is 0 Å². The zero-order chi connectivity index (χ0) is 18.7. The predicted molar refractivity (Wildman–Crippen MR) is 94.3 cm³/mol. The number of halogens is 1. The molecule has 3 aromatic rings. The second-order valence-electron chi connectivity index (χ2n) is 5.88. The Morgan fingerprint density at radius 3 is 2.65 bits per heavy atom. The van der Waals surface area contributed by atoms with Crippen LogP contribution in [0.1, 0.15) is 18.1 Å². The van der Waals surface area contributed by atoms with E-state index in [9.17, 15) is 9.18 Å². The predicted octanol–water partition coefficient (Wildman–Crippen LogP) is 3.90. The number of rotatable bonds is 5. The number of amides is 1. The van der Waals surface area contributed by atoms with E-state index in [1.807, 2.05) is 32.0 Å². The van der Waals surface area contributed by atoms with Gasteiger partial charge in [0.25, 0.3) is 17.7 Å². The van der Waals surface area contributed by atoms with Crippen molar-refractivity contribution in [3.63, 3.8) is 0 Å². The van der Waals surface area contributed by atoms with Gasteiger partial charge in [0.1, 0.15) is 11.6 Å². The van der Waals surface area contributed by atoms with E-state index in [2.05, 4.69) is 15.5 Å². The highest BCUT2D eigenvalue weighted by Crippen LogP contribution is 2.22. The van der Waals surface area contributed by atoms with E-state index in [0.717, 1.165) is 11.1 Å². The van der Waals surface area contributed by atoms with Crippen LogP contribution in [0.5, 0.6) is 5.75 Å². The van der Waals surface area contributed by atoms with Crippen LogP contribution in [0.2, 0.25) is 0 Å². The van der Waals surface area contributed by atoms with Crippen LogP contribution in [0.4, 0.5) is 10.3 Å². The van der Waals surface area contributed by atoms with Crippen LogP contribution in [-0.4, -0.2) is 22.2 Å². The maximum atomic E-state index is 13.0. The molecule has 0 spiro atoms. The lowest BCUT2D eigenvalue weighted by molar-refractivity contribution is -0.122. The van der Waals surface area contributed by atoms with Crippen LogP contribution in [0.15, 0.2) is 47.0 Å². The number of hydrogen-bond donors (Lipinski definition) is 1. The normalized spacial score (nSPS) is 11.8. The number of hydrogen-bond acceptors (Lipinski definition) is 5. The fraction of sp³-hybridized carbons (Fsp3) is 0.211. The molecule has 134 valence electrons. The smallest absolute Gasteiger partial charge is 0.270 e. The molecule has 0 aliphatic heterocycles. The lowest BCUT2D eigenvalue weighted by Gasteiger charge is -2.16. The van der Waals surface area contributed by atoms with Crippen LogP contribution in [-0.2, 0) is 4.79 Å². The molecule has 0 saturated carbocycles. The van der Waals surface area contributed by atoms with Gasteiger partial charge in [-0.25, -0.2) is 4.39 Å². The third-order valence-electron chi connectivity index (χ3n) is 3.98. The molecule has 3 rings (SSSR count). The van der Waals surface area contributed by atoms with Gasteiger partial charge in [-0.2, -0.15) is 4.98 Å². The van der Waals surface area contributed by atoms with Crippen molar-refractivity contribution in [2.75, 3.05) is 5.32 Å². The van der Waals surface area contributed by atoms with Gasteiger partial charge >= 0.3 is 0 Å². The second-order valence-corrected chi connectivity index (χ2v) is 5.88. The number of nitrogens with zero attached hydrogens (tertiary/aromatic N) is 2. The van der Waals surface area contributed by atoms with Crippen LogP contribution < -0.4 is 10.1 Å². The van der Waals surface area contributed by atoms with Gasteiger partial charge in [0.15, 0.2) is 6.10 Å². The van der Waals surface area contributed by atoms with E-state index in [1.54, 1.807) is 6.92 Å². The van der Waals surface area contributed by atoms with Gasteiger partial charge in [-0.1, -0.05) is 12.1 Å². The lowest BCUT2D eigenvalue weighted by Crippen LogP contribution is -2.30. The summed E-state index contributed by atoms with van der Waals surface area (Å²) in [5, 5.41) is 6.25. The third kappa shape index (κ3) is 3.88. The SMILES string of the molecule is Cc1cccc(O[C@H](C)C(=O)Nc2noc(-c3ccc(F)cc3)n2)c1C. The highest BCUT2D eigenvalue weighted by Gasteiger charge is 2.19. The summed E-state index contributed by atoms with van der Waals surface area (Å²) in [6.07, 6.45) is -0.747. The lowest BCUT2D eigenvalue weighted by atomic mass is 10.1. The van der Waals surface area contributed by atoms with Crippen molar-refractivity contribution in [1.82, 2.24) is 10.1 Å². The molecule has 1 atom stereocenters. The standard InChI is InChI=1S/C19H18FN3O3/c1-11-5-4-6-16(12(11)2)25-13(3)17(24)21-19-22-18(26-23-19)14-7-9-15(20)10-8-14/h4-10,13H,1-3H3,(H,21,23,24)/t13-/m1/s1. The first-order chi connectivity index (χ1) is 12.4. The number of carbonyl (C=O) groups excluding carboxylic acids is 1. The topological polar surface area (TPSA) is 77.2 Å². The molecule has 0 radical (unpaired) electrons. The number of anilines is 1. The number of benzene rings is 2. The fourth-order valence-electron chi connectivity index (χ4n) is 2.29. The Kier molecular flexibility index (Phi) is 4.97. The number of aromatic nitrogens is 2. The van der Waals surface area contributed by atoms with Gasteiger partial charge in [-0.3, -0.25) is 10.1 Å². The number of aryl methyl sites for hydroxylation is 1. The zero-order valence-corrected chi connectivity index (χ0v) is 14.6. The number of ether oxygens (including phenoxy) is 1. The molecule has 0 bridgehead atoms. The summed E-state index contributed by atoms with van der Waals surface area (Å²) in [4.78, 5) is 16.4. The van der Waals surface area contributed by atoms with E-state index < -0.39 is 12.0 Å². The fourth-order valence-corrected chi connectivity index (χ4v) is 2.29. The van der Waals surface area contributed by atoms with Crippen molar-refractivity contribution in [2.24, 2.45) is 0 Å². The molecular formula is C19H18FN3O3. The Bertz CT molecular complexity index is 922. The van der Waals surface area contributed by atoms with E-state index in [1.165, 1.54) is 24.3 Å². The maximum Gasteiger partial charge on any atom is 0.270 e. The average molecular weight is 355 g/mol. The largest absolute Gasteiger partial charge is 0.481 e. The Morgan fingerprint density at radius 2 is 1.92 bits per heavy atom. The second kappa shape index (κ2) is 7.35. The average Bonchev–Trinajstić information content (AvgIpc) is 3.08. The molecule has 1 amide bonds. The Labute approximate surface area is 150 Å². The summed E-state index contributed by atoms with van der Waals surface area (Å²) < 4.78 is 23.8.